The van der Waals surface area contributed by atoms with Crippen LogP contribution in [0, 0.1) is 0 Å². The van der Waals surface area contributed by atoms with E-state index in [1.165, 1.54) is 10.6 Å². The molecule has 5 nitrogen and oxygen atoms in total. The molecule has 0 aromatic heterocycles. The number of halogens is 4. The van der Waals surface area contributed by atoms with Crippen LogP contribution in [0.4, 0.5) is 18.9 Å². The molecule has 0 spiro atoms. The summed E-state index contributed by atoms with van der Waals surface area (Å²) in [6, 6.07) is 8.34. The highest BCUT2D eigenvalue weighted by Gasteiger charge is 2.34. The van der Waals surface area contributed by atoms with Crippen molar-refractivity contribution in [2.24, 2.45) is 4.99 Å². The van der Waals surface area contributed by atoms with Gasteiger partial charge >= 0.3 is 6.18 Å². The lowest BCUT2D eigenvalue weighted by Crippen LogP contribution is -2.44. The second kappa shape index (κ2) is 10.3. The minimum absolute atomic E-state index is 0. The maximum atomic E-state index is 12.5. The molecule has 9 heteroatoms. The molecule has 2 aliphatic rings. The fourth-order valence-corrected chi connectivity index (χ4v) is 3.43. The lowest BCUT2D eigenvalue weighted by atomic mass is 10.2. The van der Waals surface area contributed by atoms with Gasteiger partial charge in [-0.25, -0.2) is 0 Å². The van der Waals surface area contributed by atoms with E-state index in [4.69, 9.17) is 0 Å². The number of anilines is 1. The van der Waals surface area contributed by atoms with Crippen LogP contribution in [0.15, 0.2) is 41.4 Å². The van der Waals surface area contributed by atoms with E-state index < -0.39 is 12.7 Å². The van der Waals surface area contributed by atoms with Crippen molar-refractivity contribution in [1.82, 2.24) is 15.5 Å². The Morgan fingerprint density at radius 3 is 2.46 bits per heavy atom. The van der Waals surface area contributed by atoms with Gasteiger partial charge in [-0.05, 0) is 24.1 Å². The number of hydrogen-bond acceptors (Lipinski definition) is 3. The molecule has 3 rings (SSSR count). The Hall–Kier alpha value is -1.49. The van der Waals surface area contributed by atoms with Crippen LogP contribution in [0.5, 0.6) is 0 Å². The Bertz CT molecular complexity index is 667. The smallest absolute Gasteiger partial charge is 0.364 e. The first-order chi connectivity index (χ1) is 12.9. The van der Waals surface area contributed by atoms with Crippen LogP contribution < -0.4 is 15.5 Å². The van der Waals surface area contributed by atoms with E-state index in [1.54, 1.807) is 7.05 Å². The standard InChI is InChI=1S/C19H26F3N5.HI/c1-23-18(25-16-8-11-26(13-16)14-19(20,21)22)24-12-15-4-6-17(7-5-15)27-9-2-3-10-27;/h2-7,16H,8-14H2,1H3,(H2,23,24,25);1H. The van der Waals surface area contributed by atoms with Crippen molar-refractivity contribution in [3.05, 3.63) is 42.0 Å². The lowest BCUT2D eigenvalue weighted by molar-refractivity contribution is -0.143. The number of alkyl halides is 3. The zero-order chi connectivity index (χ0) is 19.3. The van der Waals surface area contributed by atoms with E-state index >= 15 is 0 Å². The summed E-state index contributed by atoms with van der Waals surface area (Å²) in [4.78, 5) is 7.89. The zero-order valence-corrected chi connectivity index (χ0v) is 18.2. The molecular weight excluding hydrogens is 482 g/mol. The third-order valence-corrected chi connectivity index (χ3v) is 4.82. The van der Waals surface area contributed by atoms with Crippen LogP contribution in [0.1, 0.15) is 12.0 Å². The van der Waals surface area contributed by atoms with Crippen LogP contribution in [0.2, 0.25) is 0 Å². The predicted octanol–water partition coefficient (Wildman–Crippen LogP) is 2.98. The molecule has 0 radical (unpaired) electrons. The van der Waals surface area contributed by atoms with Crippen LogP contribution in [-0.4, -0.2) is 62.8 Å². The molecule has 2 aliphatic heterocycles. The van der Waals surface area contributed by atoms with Gasteiger partial charge in [-0.1, -0.05) is 24.3 Å². The normalized spacial score (nSPS) is 20.4. The van der Waals surface area contributed by atoms with Crippen molar-refractivity contribution in [1.29, 1.82) is 0 Å². The molecule has 0 amide bonds. The highest BCUT2D eigenvalue weighted by molar-refractivity contribution is 14.0. The molecule has 0 bridgehead atoms. The second-order valence-electron chi connectivity index (χ2n) is 6.95. The van der Waals surface area contributed by atoms with Crippen molar-refractivity contribution < 1.29 is 13.2 Å². The lowest BCUT2D eigenvalue weighted by Gasteiger charge is -2.20. The number of hydrogen-bond donors (Lipinski definition) is 2. The third-order valence-electron chi connectivity index (χ3n) is 4.82. The van der Waals surface area contributed by atoms with E-state index in [9.17, 15) is 13.2 Å². The Morgan fingerprint density at radius 2 is 1.86 bits per heavy atom. The Balaban J connectivity index is 0.00000280. The molecule has 1 fully saturated rings. The molecule has 1 saturated heterocycles. The quantitative estimate of drug-likeness (QED) is 0.278. The van der Waals surface area contributed by atoms with Gasteiger partial charge < -0.3 is 15.5 Å². The van der Waals surface area contributed by atoms with Crippen molar-refractivity contribution in [2.45, 2.75) is 25.2 Å². The molecule has 2 N–H and O–H groups in total. The van der Waals surface area contributed by atoms with Gasteiger partial charge in [-0.2, -0.15) is 13.2 Å². The maximum Gasteiger partial charge on any atom is 0.401 e. The minimum atomic E-state index is -4.15. The number of nitrogens with one attached hydrogen (secondary N) is 2. The van der Waals surface area contributed by atoms with Gasteiger partial charge in [0.05, 0.1) is 6.54 Å². The predicted molar refractivity (Wildman–Crippen MR) is 117 cm³/mol. The second-order valence-corrected chi connectivity index (χ2v) is 6.95. The first-order valence-electron chi connectivity index (χ1n) is 9.18. The van der Waals surface area contributed by atoms with Crippen LogP contribution >= 0.6 is 24.0 Å². The maximum absolute atomic E-state index is 12.5. The van der Waals surface area contributed by atoms with Gasteiger partial charge in [0.2, 0.25) is 0 Å². The SMILES string of the molecule is CN=C(NCc1ccc(N2CC=CC2)cc1)NC1CCN(CC(F)(F)F)C1.I. The first kappa shape index (κ1) is 22.8. The number of likely N-dealkylation sites (tertiary alicyclic amines) is 1. The highest BCUT2D eigenvalue weighted by atomic mass is 127. The van der Waals surface area contributed by atoms with Gasteiger partial charge in [0.15, 0.2) is 5.96 Å². The van der Waals surface area contributed by atoms with Crippen LogP contribution in [-0.2, 0) is 6.54 Å². The topological polar surface area (TPSA) is 42.9 Å². The summed E-state index contributed by atoms with van der Waals surface area (Å²) in [6.07, 6.45) is 0.843. The minimum Gasteiger partial charge on any atom is -0.364 e. The summed E-state index contributed by atoms with van der Waals surface area (Å²) in [5, 5.41) is 6.46. The van der Waals surface area contributed by atoms with Gasteiger partial charge in [0.1, 0.15) is 0 Å². The molecule has 156 valence electrons. The van der Waals surface area contributed by atoms with Crippen molar-refractivity contribution in [3.8, 4) is 0 Å². The van der Waals surface area contributed by atoms with Crippen molar-refractivity contribution in [2.75, 3.05) is 44.7 Å². The van der Waals surface area contributed by atoms with Gasteiger partial charge in [0.25, 0.3) is 0 Å². The fraction of sp³-hybridized carbons (Fsp3) is 0.526. The molecule has 0 saturated carbocycles. The van der Waals surface area contributed by atoms with E-state index in [1.807, 2.05) is 0 Å². The van der Waals surface area contributed by atoms with Crippen LogP contribution in [0.25, 0.3) is 0 Å². The van der Waals surface area contributed by atoms with E-state index in [2.05, 4.69) is 56.9 Å². The average Bonchev–Trinajstić information content (AvgIpc) is 3.30. The summed E-state index contributed by atoms with van der Waals surface area (Å²) in [5.74, 6) is 0.613. The molecular formula is C19H27F3IN5. The summed E-state index contributed by atoms with van der Waals surface area (Å²) >= 11 is 0. The Kier molecular flexibility index (Phi) is 8.41. The Morgan fingerprint density at radius 1 is 1.18 bits per heavy atom. The summed E-state index contributed by atoms with van der Waals surface area (Å²) in [6.45, 7) is 2.47. The first-order valence-corrected chi connectivity index (χ1v) is 9.18. The number of benzene rings is 1. The average molecular weight is 509 g/mol. The fourth-order valence-electron chi connectivity index (χ4n) is 3.43. The number of aliphatic imine (C=N–C) groups is 1. The number of rotatable bonds is 5. The largest absolute Gasteiger partial charge is 0.401 e. The Labute approximate surface area is 181 Å². The molecule has 28 heavy (non-hydrogen) atoms. The monoisotopic (exact) mass is 509 g/mol. The molecule has 0 aliphatic carbocycles. The number of guanidine groups is 1. The molecule has 1 aromatic rings. The third kappa shape index (κ3) is 6.84. The summed E-state index contributed by atoms with van der Waals surface area (Å²) < 4.78 is 37.5. The van der Waals surface area contributed by atoms with Gasteiger partial charge in [0, 0.05) is 51.5 Å². The molecule has 1 unspecified atom stereocenters. The summed E-state index contributed by atoms with van der Waals surface area (Å²) in [7, 11) is 1.67. The van der Waals surface area contributed by atoms with Crippen molar-refractivity contribution >= 4 is 35.6 Å². The molecule has 1 atom stereocenters. The van der Waals surface area contributed by atoms with Gasteiger partial charge in [-0.15, -0.1) is 24.0 Å². The van der Waals surface area contributed by atoms with Gasteiger partial charge in [-0.3, -0.25) is 9.89 Å². The van der Waals surface area contributed by atoms with Crippen molar-refractivity contribution in [3.63, 3.8) is 0 Å². The summed E-state index contributed by atoms with van der Waals surface area (Å²) in [5.41, 5.74) is 2.32. The van der Waals surface area contributed by atoms with E-state index in [-0.39, 0.29) is 30.0 Å². The number of nitrogens with zero attached hydrogens (tertiary/aromatic N) is 3. The highest BCUT2D eigenvalue weighted by Crippen LogP contribution is 2.20. The van der Waals surface area contributed by atoms with E-state index in [0.29, 0.717) is 32.0 Å². The van der Waals surface area contributed by atoms with E-state index in [0.717, 1.165) is 18.7 Å². The molecule has 2 heterocycles. The zero-order valence-electron chi connectivity index (χ0n) is 15.9. The molecule has 1 aromatic carbocycles. The van der Waals surface area contributed by atoms with Crippen LogP contribution in [0.3, 0.4) is 0 Å².